The highest BCUT2D eigenvalue weighted by Crippen LogP contribution is 2.36. The van der Waals surface area contributed by atoms with E-state index >= 15 is 0 Å². The first-order valence-electron chi connectivity index (χ1n) is 16.9. The minimum Gasteiger partial charge on any atom is -0.488 e. The van der Waals surface area contributed by atoms with Crippen molar-refractivity contribution >= 4 is 41.0 Å². The summed E-state index contributed by atoms with van der Waals surface area (Å²) in [6.07, 6.45) is 4.10. The van der Waals surface area contributed by atoms with E-state index in [1.807, 2.05) is 127 Å². The topological polar surface area (TPSA) is 98.4 Å². The minimum absolute atomic E-state index is 0.228. The Morgan fingerprint density at radius 3 is 2.48 bits per heavy atom. The number of hydrogen-bond acceptors (Lipinski definition) is 7. The Balaban J connectivity index is 1.08. The maximum atomic E-state index is 13.4. The van der Waals surface area contributed by atoms with Gasteiger partial charge in [0, 0.05) is 28.6 Å². The third-order valence-corrected chi connectivity index (χ3v) is 11.0. The number of para-hydroxylation sites is 1. The summed E-state index contributed by atoms with van der Waals surface area (Å²) in [4.78, 5) is 15.4. The molecule has 0 bridgehead atoms. The molecule has 3 heterocycles. The number of aromatic nitrogens is 5. The summed E-state index contributed by atoms with van der Waals surface area (Å²) in [5.74, 6) is 2.04. The maximum Gasteiger partial charge on any atom is 0.320 e. The number of amides is 2. The molecule has 3 aromatic heterocycles. The minimum atomic E-state index is -0.314. The number of anilines is 1. The molecule has 0 saturated carbocycles. The second kappa shape index (κ2) is 15.4. The number of pyridine rings is 1. The number of rotatable bonds is 12. The Hall–Kier alpha value is -5.52. The summed E-state index contributed by atoms with van der Waals surface area (Å²) in [6.45, 7) is 7.08. The number of carbonyl (C=O) groups is 1. The average Bonchev–Trinajstić information content (AvgIpc) is 3.79. The molecule has 52 heavy (non-hydrogen) atoms. The standard InChI is InChI=1S/C41H39N7O2S2/c1-28-13-12-17-31(23-28)48-38(24-36(46-48)41(2,3)51-4)43-40(49)42-25-30-16-8-11-20-35(30)52-32-21-22-37-44-45-39(47(37)26-32)33-18-9-10-19-34(33)50-27-29-14-6-5-7-15-29/h5-24,26H,25,27H2,1-4H3,(H2,42,43,49). The summed E-state index contributed by atoms with van der Waals surface area (Å²) >= 11 is 3.33. The summed E-state index contributed by atoms with van der Waals surface area (Å²) in [6, 6.07) is 39.8. The molecule has 4 aromatic carbocycles. The first-order chi connectivity index (χ1) is 25.3. The molecular formula is C41H39N7O2S2. The lowest BCUT2D eigenvalue weighted by Crippen LogP contribution is -2.29. The molecule has 0 aliphatic rings. The summed E-state index contributed by atoms with van der Waals surface area (Å²) in [5.41, 5.74) is 6.55. The van der Waals surface area contributed by atoms with Gasteiger partial charge in [-0.2, -0.15) is 16.9 Å². The number of hydrogen-bond donors (Lipinski definition) is 2. The van der Waals surface area contributed by atoms with Crippen molar-refractivity contribution in [2.45, 2.75) is 48.5 Å². The van der Waals surface area contributed by atoms with E-state index in [1.165, 1.54) is 0 Å². The summed E-state index contributed by atoms with van der Waals surface area (Å²) in [5, 5.41) is 20.0. The van der Waals surface area contributed by atoms with Gasteiger partial charge >= 0.3 is 6.03 Å². The van der Waals surface area contributed by atoms with Gasteiger partial charge in [0.1, 0.15) is 18.2 Å². The van der Waals surface area contributed by atoms with E-state index < -0.39 is 0 Å². The summed E-state index contributed by atoms with van der Waals surface area (Å²) in [7, 11) is 0. The third-order valence-electron chi connectivity index (χ3n) is 8.70. The number of nitrogens with one attached hydrogen (secondary N) is 2. The first-order valence-corrected chi connectivity index (χ1v) is 19.0. The van der Waals surface area contributed by atoms with Gasteiger partial charge in [-0.1, -0.05) is 84.6 Å². The fourth-order valence-corrected chi connectivity index (χ4v) is 6.94. The quantitative estimate of drug-likeness (QED) is 0.130. The Kier molecular flexibility index (Phi) is 10.3. The Bertz CT molecular complexity index is 2340. The van der Waals surface area contributed by atoms with Crippen LogP contribution in [0, 0.1) is 6.92 Å². The van der Waals surface area contributed by atoms with Crippen molar-refractivity contribution in [1.29, 1.82) is 0 Å². The molecule has 9 nitrogen and oxygen atoms in total. The predicted octanol–water partition coefficient (Wildman–Crippen LogP) is 9.54. The fraction of sp³-hybridized carbons (Fsp3) is 0.171. The molecular weight excluding hydrogens is 687 g/mol. The van der Waals surface area contributed by atoms with Crippen LogP contribution in [-0.2, 0) is 17.9 Å². The van der Waals surface area contributed by atoms with Crippen LogP contribution in [0.3, 0.4) is 0 Å². The van der Waals surface area contributed by atoms with Crippen LogP contribution < -0.4 is 15.4 Å². The predicted molar refractivity (Wildman–Crippen MR) is 210 cm³/mol. The maximum absolute atomic E-state index is 13.4. The normalized spacial score (nSPS) is 11.5. The van der Waals surface area contributed by atoms with E-state index in [0.29, 0.717) is 24.8 Å². The lowest BCUT2D eigenvalue weighted by atomic mass is 10.1. The molecule has 7 aromatic rings. The number of carbonyl (C=O) groups excluding carboxylic acids is 1. The Labute approximate surface area is 311 Å². The third kappa shape index (κ3) is 7.85. The second-order valence-corrected chi connectivity index (χ2v) is 15.3. The molecule has 0 aliphatic heterocycles. The van der Waals surface area contributed by atoms with Crippen molar-refractivity contribution < 1.29 is 9.53 Å². The van der Waals surface area contributed by atoms with Crippen molar-refractivity contribution in [3.05, 3.63) is 150 Å². The van der Waals surface area contributed by atoms with Crippen LogP contribution in [0.15, 0.2) is 137 Å². The van der Waals surface area contributed by atoms with Gasteiger partial charge in [-0.15, -0.1) is 10.2 Å². The van der Waals surface area contributed by atoms with Crippen molar-refractivity contribution in [2.75, 3.05) is 11.6 Å². The van der Waals surface area contributed by atoms with Crippen LogP contribution in [0.1, 0.15) is 36.2 Å². The van der Waals surface area contributed by atoms with E-state index in [4.69, 9.17) is 9.84 Å². The highest BCUT2D eigenvalue weighted by Gasteiger charge is 2.25. The van der Waals surface area contributed by atoms with Gasteiger partial charge in [0.05, 0.1) is 21.7 Å². The van der Waals surface area contributed by atoms with Gasteiger partial charge in [0.2, 0.25) is 0 Å². The molecule has 2 N–H and O–H groups in total. The second-order valence-electron chi connectivity index (χ2n) is 12.8. The highest BCUT2D eigenvalue weighted by atomic mass is 32.2. The lowest BCUT2D eigenvalue weighted by Gasteiger charge is -2.18. The number of urea groups is 1. The molecule has 2 amide bonds. The van der Waals surface area contributed by atoms with Gasteiger partial charge in [0.25, 0.3) is 0 Å². The average molecular weight is 726 g/mol. The Morgan fingerprint density at radius 2 is 1.65 bits per heavy atom. The smallest absolute Gasteiger partial charge is 0.320 e. The largest absolute Gasteiger partial charge is 0.488 e. The van der Waals surface area contributed by atoms with Crippen molar-refractivity contribution in [3.63, 3.8) is 0 Å². The van der Waals surface area contributed by atoms with Crippen LogP contribution in [-0.4, -0.2) is 36.7 Å². The van der Waals surface area contributed by atoms with E-state index in [1.54, 1.807) is 28.2 Å². The zero-order valence-corrected chi connectivity index (χ0v) is 31.0. The molecule has 0 aliphatic carbocycles. The van der Waals surface area contributed by atoms with E-state index in [-0.39, 0.29) is 10.8 Å². The van der Waals surface area contributed by atoms with Gasteiger partial charge in [-0.3, -0.25) is 9.72 Å². The number of fused-ring (bicyclic) bond motifs is 1. The first kappa shape index (κ1) is 34.9. The van der Waals surface area contributed by atoms with Crippen molar-refractivity contribution in [2.24, 2.45) is 0 Å². The molecule has 7 rings (SSSR count). The van der Waals surface area contributed by atoms with Crippen LogP contribution in [0.5, 0.6) is 5.75 Å². The molecule has 262 valence electrons. The van der Waals surface area contributed by atoms with Gasteiger partial charge in [-0.25, -0.2) is 9.48 Å². The lowest BCUT2D eigenvalue weighted by molar-refractivity contribution is 0.251. The highest BCUT2D eigenvalue weighted by molar-refractivity contribution is 7.99. The molecule has 0 spiro atoms. The Morgan fingerprint density at radius 1 is 0.865 bits per heavy atom. The summed E-state index contributed by atoms with van der Waals surface area (Å²) < 4.78 is 9.81. The number of thioether (sulfide) groups is 1. The van der Waals surface area contributed by atoms with E-state index in [2.05, 4.69) is 53.1 Å². The zero-order chi connectivity index (χ0) is 36.1. The molecule has 0 unspecified atom stereocenters. The van der Waals surface area contributed by atoms with Gasteiger partial charge in [-0.05, 0) is 86.2 Å². The van der Waals surface area contributed by atoms with Crippen LogP contribution >= 0.6 is 23.5 Å². The zero-order valence-electron chi connectivity index (χ0n) is 29.4. The van der Waals surface area contributed by atoms with Crippen molar-refractivity contribution in [3.8, 4) is 22.8 Å². The van der Waals surface area contributed by atoms with E-state index in [9.17, 15) is 4.79 Å². The number of benzene rings is 4. The van der Waals surface area contributed by atoms with Crippen LogP contribution in [0.25, 0.3) is 22.7 Å². The fourth-order valence-electron chi connectivity index (χ4n) is 5.67. The number of aryl methyl sites for hydroxylation is 1. The van der Waals surface area contributed by atoms with Crippen LogP contribution in [0.4, 0.5) is 10.6 Å². The van der Waals surface area contributed by atoms with Gasteiger partial charge < -0.3 is 10.1 Å². The molecule has 0 radical (unpaired) electrons. The molecule has 0 saturated heterocycles. The molecule has 11 heteroatoms. The van der Waals surface area contributed by atoms with E-state index in [0.717, 1.165) is 54.8 Å². The SMILES string of the molecule is CSC(C)(C)c1cc(NC(=O)NCc2ccccc2Sc2ccc3nnc(-c4ccccc4OCc4ccccc4)n3c2)n(-c2cccc(C)c2)n1. The van der Waals surface area contributed by atoms with Crippen LogP contribution in [0.2, 0.25) is 0 Å². The molecule has 0 atom stereocenters. The number of ether oxygens (including phenoxy) is 1. The van der Waals surface area contributed by atoms with Crippen molar-refractivity contribution in [1.82, 2.24) is 29.7 Å². The monoisotopic (exact) mass is 725 g/mol. The number of nitrogens with zero attached hydrogens (tertiary/aromatic N) is 5. The van der Waals surface area contributed by atoms with Gasteiger partial charge in [0.15, 0.2) is 11.5 Å². The molecule has 0 fully saturated rings.